The van der Waals surface area contributed by atoms with Gasteiger partial charge >= 0.3 is 0 Å². The zero-order valence-corrected chi connectivity index (χ0v) is 17.9. The van der Waals surface area contributed by atoms with Crippen molar-refractivity contribution in [2.24, 2.45) is 5.92 Å². The van der Waals surface area contributed by atoms with E-state index < -0.39 is 0 Å². The highest BCUT2D eigenvalue weighted by molar-refractivity contribution is 5.43. The lowest BCUT2D eigenvalue weighted by molar-refractivity contribution is 0.263. The van der Waals surface area contributed by atoms with Gasteiger partial charge in [0.05, 0.1) is 23.7 Å². The fraction of sp³-hybridized carbons (Fsp3) is 0.640. The van der Waals surface area contributed by atoms with Gasteiger partial charge in [-0.3, -0.25) is 0 Å². The summed E-state index contributed by atoms with van der Waals surface area (Å²) in [6.45, 7) is 6.69. The third kappa shape index (κ3) is 3.96. The molecule has 2 atom stereocenters. The third-order valence-electron chi connectivity index (χ3n) is 7.42. The summed E-state index contributed by atoms with van der Waals surface area (Å²) in [7, 11) is 0. The number of ether oxygens (including phenoxy) is 1. The molecule has 0 amide bonds. The standard InChI is InChI=1S/C25H35N3O/c1-19-23-14-9-20-7-2-3-8-24(20)25(23)28(26-19)21-10-12-22(13-11-21)29-18-6-17-27-15-4-5-16-27/h10-13,20,24H,2-9,14-18H2,1H3. The second kappa shape index (κ2) is 8.51. The third-order valence-corrected chi connectivity index (χ3v) is 7.42. The van der Waals surface area contributed by atoms with E-state index in [2.05, 4.69) is 40.8 Å². The van der Waals surface area contributed by atoms with Gasteiger partial charge in [0.15, 0.2) is 0 Å². The molecule has 1 saturated carbocycles. The number of fused-ring (bicyclic) bond motifs is 3. The number of likely N-dealkylation sites (tertiary alicyclic amines) is 1. The van der Waals surface area contributed by atoms with Crippen LogP contribution in [0, 0.1) is 12.8 Å². The van der Waals surface area contributed by atoms with E-state index in [0.29, 0.717) is 5.92 Å². The van der Waals surface area contributed by atoms with Crippen LogP contribution >= 0.6 is 0 Å². The van der Waals surface area contributed by atoms with Crippen LogP contribution in [-0.2, 0) is 6.42 Å². The molecule has 2 aromatic rings. The minimum atomic E-state index is 0.704. The van der Waals surface area contributed by atoms with Crippen LogP contribution in [0.15, 0.2) is 24.3 Å². The molecule has 2 heterocycles. The highest BCUT2D eigenvalue weighted by atomic mass is 16.5. The van der Waals surface area contributed by atoms with Crippen LogP contribution in [-0.4, -0.2) is 40.9 Å². The number of aromatic nitrogens is 2. The lowest BCUT2D eigenvalue weighted by Gasteiger charge is -2.36. The first-order valence-electron chi connectivity index (χ1n) is 11.8. The van der Waals surface area contributed by atoms with Gasteiger partial charge in [-0.05, 0) is 101 Å². The zero-order valence-electron chi connectivity index (χ0n) is 17.9. The van der Waals surface area contributed by atoms with Gasteiger partial charge in [0.2, 0.25) is 0 Å². The van der Waals surface area contributed by atoms with Crippen LogP contribution in [0.5, 0.6) is 5.75 Å². The number of rotatable bonds is 6. The van der Waals surface area contributed by atoms with Crippen molar-refractivity contribution in [2.75, 3.05) is 26.2 Å². The lowest BCUT2D eigenvalue weighted by atomic mass is 9.70. The molecule has 1 aromatic heterocycles. The Bertz CT molecular complexity index is 819. The van der Waals surface area contributed by atoms with E-state index >= 15 is 0 Å². The summed E-state index contributed by atoms with van der Waals surface area (Å²) in [4.78, 5) is 2.55. The van der Waals surface area contributed by atoms with Crippen molar-refractivity contribution in [1.82, 2.24) is 14.7 Å². The Morgan fingerprint density at radius 2 is 1.79 bits per heavy atom. The van der Waals surface area contributed by atoms with Gasteiger partial charge in [-0.1, -0.05) is 12.8 Å². The molecular weight excluding hydrogens is 358 g/mol. The van der Waals surface area contributed by atoms with Gasteiger partial charge in [-0.15, -0.1) is 0 Å². The Balaban J connectivity index is 1.27. The second-order valence-electron chi connectivity index (χ2n) is 9.30. The van der Waals surface area contributed by atoms with Crippen LogP contribution in [0.4, 0.5) is 0 Å². The molecule has 1 saturated heterocycles. The Morgan fingerprint density at radius 1 is 1.00 bits per heavy atom. The van der Waals surface area contributed by atoms with E-state index in [1.54, 1.807) is 0 Å². The highest BCUT2D eigenvalue weighted by Gasteiger charge is 2.36. The predicted octanol–water partition coefficient (Wildman–Crippen LogP) is 5.27. The Kier molecular flexibility index (Phi) is 5.63. The van der Waals surface area contributed by atoms with Crippen LogP contribution in [0.2, 0.25) is 0 Å². The number of hydrogen-bond donors (Lipinski definition) is 0. The quantitative estimate of drug-likeness (QED) is 0.627. The minimum Gasteiger partial charge on any atom is -0.494 e. The first-order chi connectivity index (χ1) is 14.3. The molecule has 2 aliphatic carbocycles. The van der Waals surface area contributed by atoms with Crippen molar-refractivity contribution in [3.05, 3.63) is 41.2 Å². The summed E-state index contributed by atoms with van der Waals surface area (Å²) in [6.07, 6.45) is 11.9. The fourth-order valence-corrected chi connectivity index (χ4v) is 5.87. The summed E-state index contributed by atoms with van der Waals surface area (Å²) in [6, 6.07) is 8.62. The number of benzene rings is 1. The maximum absolute atomic E-state index is 6.00. The van der Waals surface area contributed by atoms with Gasteiger partial charge in [-0.25, -0.2) is 4.68 Å². The molecule has 4 heteroatoms. The van der Waals surface area contributed by atoms with Crippen molar-refractivity contribution in [1.29, 1.82) is 0 Å². The second-order valence-corrected chi connectivity index (χ2v) is 9.30. The SMILES string of the molecule is Cc1nn(-c2ccc(OCCCN3CCCC3)cc2)c2c1CCC1CCCCC21. The first kappa shape index (κ1) is 19.2. The molecule has 3 aliphatic rings. The van der Waals surface area contributed by atoms with E-state index in [1.807, 2.05) is 0 Å². The van der Waals surface area contributed by atoms with Gasteiger partial charge in [-0.2, -0.15) is 5.10 Å². The summed E-state index contributed by atoms with van der Waals surface area (Å²) in [5.74, 6) is 2.54. The summed E-state index contributed by atoms with van der Waals surface area (Å²) in [5, 5.41) is 4.97. The minimum absolute atomic E-state index is 0.704. The van der Waals surface area contributed by atoms with Crippen LogP contribution < -0.4 is 4.74 Å². The predicted molar refractivity (Wildman–Crippen MR) is 117 cm³/mol. The van der Waals surface area contributed by atoms with Crippen LogP contribution in [0.3, 0.4) is 0 Å². The highest BCUT2D eigenvalue weighted by Crippen LogP contribution is 2.46. The fourth-order valence-electron chi connectivity index (χ4n) is 5.87. The molecule has 2 fully saturated rings. The number of hydrogen-bond acceptors (Lipinski definition) is 3. The molecule has 0 N–H and O–H groups in total. The van der Waals surface area contributed by atoms with E-state index in [-0.39, 0.29) is 0 Å². The average Bonchev–Trinajstić information content (AvgIpc) is 3.40. The van der Waals surface area contributed by atoms with E-state index in [0.717, 1.165) is 24.7 Å². The maximum Gasteiger partial charge on any atom is 0.119 e. The van der Waals surface area contributed by atoms with Crippen molar-refractivity contribution in [3.63, 3.8) is 0 Å². The Morgan fingerprint density at radius 3 is 2.62 bits per heavy atom. The molecule has 0 radical (unpaired) electrons. The Labute approximate surface area is 175 Å². The van der Waals surface area contributed by atoms with Gasteiger partial charge in [0, 0.05) is 12.5 Å². The lowest BCUT2D eigenvalue weighted by Crippen LogP contribution is -2.25. The molecule has 0 bridgehead atoms. The molecule has 2 unspecified atom stereocenters. The van der Waals surface area contributed by atoms with Crippen molar-refractivity contribution < 1.29 is 4.74 Å². The molecular formula is C25H35N3O. The van der Waals surface area contributed by atoms with Crippen LogP contribution in [0.25, 0.3) is 5.69 Å². The number of nitrogens with zero attached hydrogens (tertiary/aromatic N) is 3. The largest absolute Gasteiger partial charge is 0.494 e. The molecule has 5 rings (SSSR count). The van der Waals surface area contributed by atoms with Gasteiger partial charge < -0.3 is 9.64 Å². The molecule has 1 aliphatic heterocycles. The molecule has 4 nitrogen and oxygen atoms in total. The molecule has 156 valence electrons. The Hall–Kier alpha value is -1.81. The van der Waals surface area contributed by atoms with E-state index in [1.165, 1.54) is 93.6 Å². The topological polar surface area (TPSA) is 30.3 Å². The smallest absolute Gasteiger partial charge is 0.119 e. The average molecular weight is 394 g/mol. The number of aryl methyl sites for hydroxylation is 1. The summed E-state index contributed by atoms with van der Waals surface area (Å²) < 4.78 is 8.26. The van der Waals surface area contributed by atoms with E-state index in [4.69, 9.17) is 9.84 Å². The normalized spacial score (nSPS) is 24.3. The molecule has 1 aromatic carbocycles. The van der Waals surface area contributed by atoms with Crippen molar-refractivity contribution in [2.45, 2.75) is 70.6 Å². The van der Waals surface area contributed by atoms with Crippen molar-refractivity contribution in [3.8, 4) is 11.4 Å². The maximum atomic E-state index is 6.00. The van der Waals surface area contributed by atoms with Crippen molar-refractivity contribution >= 4 is 0 Å². The van der Waals surface area contributed by atoms with Crippen LogP contribution in [0.1, 0.15) is 74.2 Å². The molecule has 0 spiro atoms. The van der Waals surface area contributed by atoms with Gasteiger partial charge in [0.25, 0.3) is 0 Å². The zero-order chi connectivity index (χ0) is 19.6. The summed E-state index contributed by atoms with van der Waals surface area (Å²) in [5.41, 5.74) is 5.45. The van der Waals surface area contributed by atoms with Gasteiger partial charge in [0.1, 0.15) is 5.75 Å². The summed E-state index contributed by atoms with van der Waals surface area (Å²) >= 11 is 0. The monoisotopic (exact) mass is 393 g/mol. The molecule has 29 heavy (non-hydrogen) atoms. The van der Waals surface area contributed by atoms with E-state index in [9.17, 15) is 0 Å². The first-order valence-corrected chi connectivity index (χ1v) is 11.8.